The SMILES string of the molecule is Cc1ccc2nc(-c3ccc(NC(=O)c4ccc(O)c([N+](=O)[O-])c4)cc3)sc2c1. The van der Waals surface area contributed by atoms with Crippen LogP contribution < -0.4 is 5.32 Å². The molecule has 0 aliphatic rings. The number of benzene rings is 3. The molecule has 144 valence electrons. The minimum atomic E-state index is -0.736. The minimum Gasteiger partial charge on any atom is -0.502 e. The average Bonchev–Trinajstić information content (AvgIpc) is 3.11. The average molecular weight is 405 g/mol. The van der Waals surface area contributed by atoms with E-state index in [2.05, 4.69) is 16.4 Å². The van der Waals surface area contributed by atoms with Gasteiger partial charge in [0.1, 0.15) is 5.01 Å². The van der Waals surface area contributed by atoms with E-state index in [4.69, 9.17) is 0 Å². The highest BCUT2D eigenvalue weighted by molar-refractivity contribution is 7.21. The number of amides is 1. The molecule has 1 heterocycles. The lowest BCUT2D eigenvalue weighted by Crippen LogP contribution is -2.12. The van der Waals surface area contributed by atoms with Crippen LogP contribution in [0.3, 0.4) is 0 Å². The van der Waals surface area contributed by atoms with Gasteiger partial charge in [-0.2, -0.15) is 0 Å². The van der Waals surface area contributed by atoms with Gasteiger partial charge in [-0.1, -0.05) is 6.07 Å². The molecular formula is C21H15N3O4S. The fourth-order valence-corrected chi connectivity index (χ4v) is 3.93. The van der Waals surface area contributed by atoms with Crippen LogP contribution in [0.15, 0.2) is 60.7 Å². The standard InChI is InChI=1S/C21H15N3O4S/c1-12-2-8-16-19(10-12)29-21(23-16)13-3-6-15(7-4-13)22-20(26)14-5-9-18(25)17(11-14)24(27)28/h2-11,25H,1H3,(H,22,26). The molecule has 0 radical (unpaired) electrons. The molecule has 3 aromatic carbocycles. The summed E-state index contributed by atoms with van der Waals surface area (Å²) in [5.74, 6) is -0.988. The Bertz CT molecular complexity index is 1250. The fraction of sp³-hybridized carbons (Fsp3) is 0.0476. The van der Waals surface area contributed by atoms with Crippen molar-refractivity contribution in [3.63, 3.8) is 0 Å². The van der Waals surface area contributed by atoms with E-state index in [0.29, 0.717) is 5.69 Å². The molecule has 0 spiro atoms. The molecule has 2 N–H and O–H groups in total. The number of thiazole rings is 1. The van der Waals surface area contributed by atoms with Gasteiger partial charge in [0, 0.05) is 22.9 Å². The number of nitrogens with one attached hydrogen (secondary N) is 1. The summed E-state index contributed by atoms with van der Waals surface area (Å²) in [5.41, 5.74) is 3.18. The maximum absolute atomic E-state index is 12.4. The lowest BCUT2D eigenvalue weighted by molar-refractivity contribution is -0.385. The lowest BCUT2D eigenvalue weighted by atomic mass is 10.1. The third kappa shape index (κ3) is 3.78. The maximum Gasteiger partial charge on any atom is 0.311 e. The first-order valence-electron chi connectivity index (χ1n) is 8.67. The number of anilines is 1. The zero-order valence-electron chi connectivity index (χ0n) is 15.2. The Morgan fingerprint density at radius 1 is 1.10 bits per heavy atom. The molecule has 8 heteroatoms. The molecule has 0 bridgehead atoms. The lowest BCUT2D eigenvalue weighted by Gasteiger charge is -2.06. The molecule has 7 nitrogen and oxygen atoms in total. The summed E-state index contributed by atoms with van der Waals surface area (Å²) in [6.45, 7) is 2.04. The van der Waals surface area contributed by atoms with Gasteiger partial charge in [-0.05, 0) is 61.0 Å². The Balaban J connectivity index is 1.54. The zero-order valence-corrected chi connectivity index (χ0v) is 16.1. The second-order valence-corrected chi connectivity index (χ2v) is 7.51. The van der Waals surface area contributed by atoms with Crippen molar-refractivity contribution in [2.75, 3.05) is 5.32 Å². The Morgan fingerprint density at radius 2 is 1.86 bits per heavy atom. The molecule has 0 fully saturated rings. The normalized spacial score (nSPS) is 10.8. The summed E-state index contributed by atoms with van der Waals surface area (Å²) in [5, 5.41) is 24.0. The van der Waals surface area contributed by atoms with Crippen molar-refractivity contribution in [3.8, 4) is 16.3 Å². The monoisotopic (exact) mass is 405 g/mol. The Kier molecular flexibility index (Phi) is 4.69. The Morgan fingerprint density at radius 3 is 2.59 bits per heavy atom. The zero-order chi connectivity index (χ0) is 20.5. The Hall–Kier alpha value is -3.78. The van der Waals surface area contributed by atoms with Crippen molar-refractivity contribution >= 4 is 38.8 Å². The number of phenols is 1. The molecule has 4 aromatic rings. The molecule has 4 rings (SSSR count). The van der Waals surface area contributed by atoms with E-state index >= 15 is 0 Å². The van der Waals surface area contributed by atoms with Crippen LogP contribution in [-0.4, -0.2) is 20.9 Å². The highest BCUT2D eigenvalue weighted by Gasteiger charge is 2.17. The quantitative estimate of drug-likeness (QED) is 0.361. The smallest absolute Gasteiger partial charge is 0.311 e. The van der Waals surface area contributed by atoms with Gasteiger partial charge < -0.3 is 10.4 Å². The number of aromatic hydroxyl groups is 1. The first-order valence-corrected chi connectivity index (χ1v) is 9.49. The van der Waals surface area contributed by atoms with Crippen LogP contribution in [0.1, 0.15) is 15.9 Å². The second kappa shape index (κ2) is 7.33. The number of fused-ring (bicyclic) bond motifs is 1. The molecule has 29 heavy (non-hydrogen) atoms. The van der Waals surface area contributed by atoms with Crippen LogP contribution in [0.25, 0.3) is 20.8 Å². The number of nitro groups is 1. The number of aromatic nitrogens is 1. The molecule has 0 saturated heterocycles. The van der Waals surface area contributed by atoms with E-state index in [1.807, 2.05) is 31.2 Å². The van der Waals surface area contributed by atoms with E-state index in [1.165, 1.54) is 11.6 Å². The second-order valence-electron chi connectivity index (χ2n) is 6.48. The van der Waals surface area contributed by atoms with Crippen LogP contribution in [0.2, 0.25) is 0 Å². The van der Waals surface area contributed by atoms with Gasteiger partial charge in [-0.3, -0.25) is 14.9 Å². The van der Waals surface area contributed by atoms with Crippen molar-refractivity contribution in [3.05, 3.63) is 81.9 Å². The summed E-state index contributed by atoms with van der Waals surface area (Å²) in [4.78, 5) is 27.2. The van der Waals surface area contributed by atoms with Crippen LogP contribution in [0.4, 0.5) is 11.4 Å². The number of phenolic OH excluding ortho intramolecular Hbond substituents is 1. The van der Waals surface area contributed by atoms with E-state index < -0.39 is 22.3 Å². The topological polar surface area (TPSA) is 105 Å². The first-order chi connectivity index (χ1) is 13.9. The molecule has 0 aliphatic carbocycles. The van der Waals surface area contributed by atoms with Crippen molar-refractivity contribution in [2.45, 2.75) is 6.92 Å². The summed E-state index contributed by atoms with van der Waals surface area (Å²) >= 11 is 1.60. The number of hydrogen-bond acceptors (Lipinski definition) is 6. The van der Waals surface area contributed by atoms with Gasteiger partial charge in [0.15, 0.2) is 5.75 Å². The van der Waals surface area contributed by atoms with Crippen molar-refractivity contribution in [2.24, 2.45) is 0 Å². The van der Waals surface area contributed by atoms with Crippen molar-refractivity contribution in [1.82, 2.24) is 4.98 Å². The van der Waals surface area contributed by atoms with Crippen LogP contribution in [0.5, 0.6) is 5.75 Å². The van der Waals surface area contributed by atoms with E-state index in [9.17, 15) is 20.0 Å². The van der Waals surface area contributed by atoms with Crippen molar-refractivity contribution < 1.29 is 14.8 Å². The van der Waals surface area contributed by atoms with E-state index in [-0.39, 0.29) is 5.56 Å². The summed E-state index contributed by atoms with van der Waals surface area (Å²) in [6.07, 6.45) is 0. The molecule has 0 aliphatic heterocycles. The predicted octanol–water partition coefficient (Wildman–Crippen LogP) is 5.14. The molecule has 0 unspecified atom stereocenters. The molecular weight excluding hydrogens is 390 g/mol. The van der Waals surface area contributed by atoms with Gasteiger partial charge in [0.2, 0.25) is 0 Å². The number of hydrogen-bond donors (Lipinski definition) is 2. The van der Waals surface area contributed by atoms with Crippen LogP contribution in [0, 0.1) is 17.0 Å². The molecule has 0 atom stereocenters. The predicted molar refractivity (Wildman–Crippen MR) is 113 cm³/mol. The summed E-state index contributed by atoms with van der Waals surface area (Å²) < 4.78 is 1.12. The number of rotatable bonds is 4. The van der Waals surface area contributed by atoms with Gasteiger partial charge >= 0.3 is 5.69 Å². The summed E-state index contributed by atoms with van der Waals surface area (Å²) in [7, 11) is 0. The van der Waals surface area contributed by atoms with Gasteiger partial charge in [0.25, 0.3) is 5.91 Å². The van der Waals surface area contributed by atoms with Gasteiger partial charge in [0.05, 0.1) is 15.1 Å². The molecule has 0 saturated carbocycles. The Labute approximate surface area is 169 Å². The summed E-state index contributed by atoms with van der Waals surface area (Å²) in [6, 6.07) is 16.8. The third-order valence-corrected chi connectivity index (χ3v) is 5.44. The minimum absolute atomic E-state index is 0.0834. The van der Waals surface area contributed by atoms with Crippen molar-refractivity contribution in [1.29, 1.82) is 0 Å². The highest BCUT2D eigenvalue weighted by atomic mass is 32.1. The number of carbonyl (C=O) groups is 1. The number of carbonyl (C=O) groups excluding carboxylic acids is 1. The number of nitro benzene ring substituents is 1. The van der Waals surface area contributed by atoms with E-state index in [0.717, 1.165) is 32.9 Å². The van der Waals surface area contributed by atoms with Crippen LogP contribution in [-0.2, 0) is 0 Å². The largest absolute Gasteiger partial charge is 0.502 e. The van der Waals surface area contributed by atoms with Gasteiger partial charge in [-0.25, -0.2) is 4.98 Å². The molecule has 1 amide bonds. The number of nitrogens with zero attached hydrogens (tertiary/aromatic N) is 2. The molecule has 1 aromatic heterocycles. The first kappa shape index (κ1) is 18.6. The fourth-order valence-electron chi connectivity index (χ4n) is 2.87. The highest BCUT2D eigenvalue weighted by Crippen LogP contribution is 2.31. The van der Waals surface area contributed by atoms with E-state index in [1.54, 1.807) is 23.5 Å². The van der Waals surface area contributed by atoms with Gasteiger partial charge in [-0.15, -0.1) is 11.3 Å². The maximum atomic E-state index is 12.4. The third-order valence-electron chi connectivity index (χ3n) is 4.37. The van der Waals surface area contributed by atoms with Crippen LogP contribution >= 0.6 is 11.3 Å². The number of aryl methyl sites for hydroxylation is 1.